The smallest absolute Gasteiger partial charge is 0.302 e. The molecule has 14 heavy (non-hydrogen) atoms. The molecule has 0 radical (unpaired) electrons. The molecule has 70 valence electrons. The van der Waals surface area contributed by atoms with Crippen molar-refractivity contribution in [1.29, 1.82) is 0 Å². The van der Waals surface area contributed by atoms with Crippen LogP contribution in [-0.2, 0) is 4.79 Å². The van der Waals surface area contributed by atoms with Gasteiger partial charge in [-0.15, -0.1) is 0 Å². The van der Waals surface area contributed by atoms with Crippen molar-refractivity contribution in [2.24, 2.45) is 11.8 Å². The topological polar surface area (TPSA) is 53.5 Å². The molecule has 0 N–H and O–H groups in total. The van der Waals surface area contributed by atoms with Gasteiger partial charge in [0, 0.05) is 5.57 Å². The second kappa shape index (κ2) is 3.20. The molecule has 0 aromatic heterocycles. The molecule has 0 bridgehead atoms. The predicted octanol–water partition coefficient (Wildman–Crippen LogP) is 1.54. The molecule has 2 aliphatic carbocycles. The Labute approximate surface area is 82.1 Å². The van der Waals surface area contributed by atoms with Gasteiger partial charge in [0.2, 0.25) is 0 Å². The van der Waals surface area contributed by atoms with Crippen LogP contribution in [0.3, 0.4) is 0 Å². The van der Waals surface area contributed by atoms with Gasteiger partial charge in [-0.1, -0.05) is 24.3 Å². The normalized spacial score (nSPS) is 29.6. The highest BCUT2D eigenvalue weighted by molar-refractivity contribution is 6.12. The van der Waals surface area contributed by atoms with E-state index in [1.807, 2.05) is 24.3 Å². The predicted molar refractivity (Wildman–Crippen MR) is 52.7 cm³/mol. The Balaban J connectivity index is 2.54. The zero-order valence-corrected chi connectivity index (χ0v) is 7.84. The van der Waals surface area contributed by atoms with Gasteiger partial charge in [0.15, 0.2) is 5.78 Å². The standard InChI is InChI=1S/C11H10N2O/c1-7-6-10(14)8-4-2-3-5-9(8)11(7)13-12/h2-6,8-9H,1H3. The second-order valence-electron chi connectivity index (χ2n) is 3.54. The van der Waals surface area contributed by atoms with E-state index < -0.39 is 0 Å². The van der Waals surface area contributed by atoms with Gasteiger partial charge in [0.25, 0.3) is 0 Å². The van der Waals surface area contributed by atoms with Crippen molar-refractivity contribution in [3.63, 3.8) is 0 Å². The Bertz CT molecular complexity index is 423. The number of carbonyl (C=O) groups excluding carboxylic acids is 1. The lowest BCUT2D eigenvalue weighted by Crippen LogP contribution is -2.33. The molecule has 0 amide bonds. The van der Waals surface area contributed by atoms with Crippen molar-refractivity contribution in [2.45, 2.75) is 6.92 Å². The van der Waals surface area contributed by atoms with Gasteiger partial charge in [-0.3, -0.25) is 4.79 Å². The SMILES string of the molecule is CC1=CC(=O)C2C=CC=CC2C1=[N+]=[N-]. The monoisotopic (exact) mass is 186 g/mol. The van der Waals surface area contributed by atoms with Crippen molar-refractivity contribution < 1.29 is 9.58 Å². The number of carbonyl (C=O) groups is 1. The van der Waals surface area contributed by atoms with Crippen LogP contribution in [0.1, 0.15) is 6.92 Å². The summed E-state index contributed by atoms with van der Waals surface area (Å²) >= 11 is 0. The maximum absolute atomic E-state index is 11.6. The molecule has 2 rings (SSSR count). The van der Waals surface area contributed by atoms with Crippen LogP contribution >= 0.6 is 0 Å². The van der Waals surface area contributed by atoms with E-state index in [-0.39, 0.29) is 17.6 Å². The summed E-state index contributed by atoms with van der Waals surface area (Å²) in [4.78, 5) is 14.9. The fourth-order valence-corrected chi connectivity index (χ4v) is 1.93. The fourth-order valence-electron chi connectivity index (χ4n) is 1.93. The third-order valence-corrected chi connectivity index (χ3v) is 2.65. The van der Waals surface area contributed by atoms with E-state index in [2.05, 4.69) is 4.79 Å². The number of allylic oxidation sites excluding steroid dienone is 6. The Hall–Kier alpha value is -1.73. The van der Waals surface area contributed by atoms with Crippen LogP contribution in [0, 0.1) is 11.8 Å². The molecule has 0 fully saturated rings. The van der Waals surface area contributed by atoms with Crippen molar-refractivity contribution in [1.82, 2.24) is 0 Å². The zero-order valence-electron chi connectivity index (χ0n) is 7.84. The van der Waals surface area contributed by atoms with Gasteiger partial charge in [0.1, 0.15) is 0 Å². The maximum Gasteiger partial charge on any atom is 0.302 e. The fraction of sp³-hybridized carbons (Fsp3) is 0.273. The van der Waals surface area contributed by atoms with Gasteiger partial charge in [0.05, 0.1) is 11.8 Å². The van der Waals surface area contributed by atoms with Gasteiger partial charge in [-0.25, -0.2) is 0 Å². The van der Waals surface area contributed by atoms with Crippen molar-refractivity contribution in [3.05, 3.63) is 41.5 Å². The number of hydrogen-bond acceptors (Lipinski definition) is 1. The summed E-state index contributed by atoms with van der Waals surface area (Å²) in [7, 11) is 0. The maximum atomic E-state index is 11.6. The molecule has 3 heteroatoms. The van der Waals surface area contributed by atoms with Gasteiger partial charge in [-0.2, -0.15) is 4.79 Å². The first kappa shape index (κ1) is 8.85. The van der Waals surface area contributed by atoms with E-state index in [0.29, 0.717) is 5.71 Å². The summed E-state index contributed by atoms with van der Waals surface area (Å²) < 4.78 is 0. The van der Waals surface area contributed by atoms with Crippen LogP contribution in [-0.4, -0.2) is 16.3 Å². The number of nitrogens with zero attached hydrogens (tertiary/aromatic N) is 2. The summed E-state index contributed by atoms with van der Waals surface area (Å²) in [5.41, 5.74) is 10.2. The lowest BCUT2D eigenvalue weighted by Gasteiger charge is -2.22. The summed E-state index contributed by atoms with van der Waals surface area (Å²) in [6.45, 7) is 1.79. The minimum atomic E-state index is -0.186. The van der Waals surface area contributed by atoms with Crippen molar-refractivity contribution >= 4 is 11.5 Å². The highest BCUT2D eigenvalue weighted by Crippen LogP contribution is 2.28. The molecule has 2 atom stereocenters. The average molecular weight is 186 g/mol. The molecule has 0 saturated heterocycles. The quantitative estimate of drug-likeness (QED) is 0.418. The number of ketones is 1. The number of fused-ring (bicyclic) bond motifs is 1. The molecule has 0 heterocycles. The summed E-state index contributed by atoms with van der Waals surface area (Å²) in [6.07, 6.45) is 9.01. The van der Waals surface area contributed by atoms with Gasteiger partial charge < -0.3 is 5.53 Å². The van der Waals surface area contributed by atoms with E-state index in [4.69, 9.17) is 5.53 Å². The second-order valence-corrected chi connectivity index (χ2v) is 3.54. The van der Waals surface area contributed by atoms with Crippen LogP contribution in [0.2, 0.25) is 0 Å². The van der Waals surface area contributed by atoms with Crippen LogP contribution in [0.4, 0.5) is 0 Å². The molecule has 2 aliphatic rings. The van der Waals surface area contributed by atoms with E-state index in [9.17, 15) is 4.79 Å². The zero-order chi connectivity index (χ0) is 10.1. The lowest BCUT2D eigenvalue weighted by molar-refractivity contribution is -0.118. The molecule has 0 spiro atoms. The number of hydrogen-bond donors (Lipinski definition) is 0. The molecule has 0 aliphatic heterocycles. The Morgan fingerprint density at radius 3 is 2.57 bits per heavy atom. The third-order valence-electron chi connectivity index (χ3n) is 2.65. The highest BCUT2D eigenvalue weighted by Gasteiger charge is 2.38. The molecule has 0 saturated carbocycles. The first-order valence-corrected chi connectivity index (χ1v) is 4.53. The Kier molecular flexibility index (Phi) is 2.02. The molecule has 2 unspecified atom stereocenters. The van der Waals surface area contributed by atoms with Crippen LogP contribution < -0.4 is 0 Å². The Morgan fingerprint density at radius 2 is 1.93 bits per heavy atom. The van der Waals surface area contributed by atoms with Crippen LogP contribution in [0.5, 0.6) is 0 Å². The minimum Gasteiger partial charge on any atom is -0.361 e. The van der Waals surface area contributed by atoms with Gasteiger partial charge in [-0.05, 0) is 13.0 Å². The molecule has 0 aromatic rings. The van der Waals surface area contributed by atoms with Gasteiger partial charge >= 0.3 is 5.71 Å². The molecule has 0 aromatic carbocycles. The first-order valence-electron chi connectivity index (χ1n) is 4.53. The van der Waals surface area contributed by atoms with Crippen LogP contribution in [0.15, 0.2) is 36.0 Å². The summed E-state index contributed by atoms with van der Waals surface area (Å²) in [5, 5.41) is 0. The summed E-state index contributed by atoms with van der Waals surface area (Å²) in [5.74, 6) is -0.197. The Morgan fingerprint density at radius 1 is 1.29 bits per heavy atom. The van der Waals surface area contributed by atoms with Crippen molar-refractivity contribution in [2.75, 3.05) is 0 Å². The van der Waals surface area contributed by atoms with Crippen molar-refractivity contribution in [3.8, 4) is 0 Å². The van der Waals surface area contributed by atoms with E-state index in [1.54, 1.807) is 13.0 Å². The van der Waals surface area contributed by atoms with E-state index in [1.165, 1.54) is 0 Å². The number of rotatable bonds is 0. The summed E-state index contributed by atoms with van der Waals surface area (Å²) in [6, 6.07) is 0. The molecule has 3 nitrogen and oxygen atoms in total. The van der Waals surface area contributed by atoms with Crippen LogP contribution in [0.25, 0.3) is 5.53 Å². The average Bonchev–Trinajstić information content (AvgIpc) is 2.18. The minimum absolute atomic E-state index is 0.0838. The molecular formula is C11H10N2O. The van der Waals surface area contributed by atoms with E-state index >= 15 is 0 Å². The lowest BCUT2D eigenvalue weighted by atomic mass is 9.75. The largest absolute Gasteiger partial charge is 0.361 e. The van der Waals surface area contributed by atoms with E-state index in [0.717, 1.165) is 5.57 Å². The highest BCUT2D eigenvalue weighted by atomic mass is 16.1. The first-order chi connectivity index (χ1) is 6.74. The third kappa shape index (κ3) is 1.19. The molecular weight excluding hydrogens is 176 g/mol.